The Morgan fingerprint density at radius 3 is 2.65 bits per heavy atom. The average Bonchev–Trinajstić information content (AvgIpc) is 3.19. The second kappa shape index (κ2) is 11.2. The molecule has 0 radical (unpaired) electrons. The van der Waals surface area contributed by atoms with Crippen LogP contribution in [-0.2, 0) is 17.9 Å². The summed E-state index contributed by atoms with van der Waals surface area (Å²) in [5.41, 5.74) is 2.45. The van der Waals surface area contributed by atoms with Crippen molar-refractivity contribution in [3.8, 4) is 0 Å². The van der Waals surface area contributed by atoms with Crippen LogP contribution < -0.4 is 10.6 Å². The van der Waals surface area contributed by atoms with Crippen molar-refractivity contribution in [2.24, 2.45) is 0 Å². The van der Waals surface area contributed by atoms with Crippen LogP contribution in [0.25, 0.3) is 0 Å². The number of benzene rings is 2. The number of nitro benzene ring substituents is 1. The summed E-state index contributed by atoms with van der Waals surface area (Å²) < 4.78 is 1.77. The molecular formula is C23H24N6O4S. The molecule has 2 aromatic carbocycles. The Kier molecular flexibility index (Phi) is 8.14. The predicted molar refractivity (Wildman–Crippen MR) is 130 cm³/mol. The number of carbonyl (C=O) groups is 2. The maximum Gasteiger partial charge on any atom is 0.271 e. The van der Waals surface area contributed by atoms with Crippen molar-refractivity contribution in [2.75, 3.05) is 11.1 Å². The number of nitrogens with one attached hydrogen (secondary N) is 2. The topological polar surface area (TPSA) is 132 Å². The Labute approximate surface area is 200 Å². The Balaban J connectivity index is 1.64. The van der Waals surface area contributed by atoms with E-state index in [0.717, 1.165) is 5.56 Å². The Morgan fingerprint density at radius 2 is 1.94 bits per heavy atom. The van der Waals surface area contributed by atoms with Crippen molar-refractivity contribution < 1.29 is 14.5 Å². The highest BCUT2D eigenvalue weighted by Crippen LogP contribution is 2.23. The zero-order valence-electron chi connectivity index (χ0n) is 18.8. The number of carbonyl (C=O) groups excluding carboxylic acids is 2. The number of amides is 2. The molecule has 0 aliphatic heterocycles. The van der Waals surface area contributed by atoms with Crippen molar-refractivity contribution >= 4 is 35.0 Å². The van der Waals surface area contributed by atoms with Gasteiger partial charge in [-0.2, -0.15) is 0 Å². The van der Waals surface area contributed by atoms with Crippen LogP contribution in [0, 0.1) is 24.0 Å². The van der Waals surface area contributed by atoms with Gasteiger partial charge in [-0.05, 0) is 31.0 Å². The second-order valence-electron chi connectivity index (χ2n) is 7.39. The number of hydrogen-bond donors (Lipinski definition) is 2. The van der Waals surface area contributed by atoms with Gasteiger partial charge in [0.25, 0.3) is 11.6 Å². The SMILES string of the molecule is C=CCn1c(CNC(=O)c2ccccc2C)nnc1SCC(=O)Nc1cc([N+](=O)[O-])ccc1C. The van der Waals surface area contributed by atoms with E-state index in [1.54, 1.807) is 35.8 Å². The number of thioether (sulfide) groups is 1. The van der Waals surface area contributed by atoms with Gasteiger partial charge in [0.1, 0.15) is 0 Å². The van der Waals surface area contributed by atoms with Crippen molar-refractivity contribution in [2.45, 2.75) is 32.1 Å². The zero-order chi connectivity index (χ0) is 24.7. The molecule has 34 heavy (non-hydrogen) atoms. The number of nitrogens with zero attached hydrogens (tertiary/aromatic N) is 4. The smallest absolute Gasteiger partial charge is 0.271 e. The number of rotatable bonds is 10. The van der Waals surface area contributed by atoms with Gasteiger partial charge in [0.2, 0.25) is 5.91 Å². The number of anilines is 1. The van der Waals surface area contributed by atoms with E-state index in [-0.39, 0.29) is 29.8 Å². The fraction of sp³-hybridized carbons (Fsp3) is 0.217. The van der Waals surface area contributed by atoms with Crippen LogP contribution in [0.1, 0.15) is 27.3 Å². The minimum absolute atomic E-state index is 0.0208. The third kappa shape index (κ3) is 6.07. The maximum atomic E-state index is 12.5. The standard InChI is InChI=1S/C23H24N6O4S/c1-4-11-28-20(13-24-22(31)18-8-6-5-7-15(18)2)26-27-23(28)34-14-21(30)25-19-12-17(29(32)33)10-9-16(19)3/h4-10,12H,1,11,13-14H2,2-3H3,(H,24,31)(H,25,30). The van der Waals surface area contributed by atoms with Crippen LogP contribution in [0.2, 0.25) is 0 Å². The Hall–Kier alpha value is -3.99. The molecule has 0 saturated carbocycles. The third-order valence-electron chi connectivity index (χ3n) is 4.94. The van der Waals surface area contributed by atoms with Gasteiger partial charge in [-0.1, -0.05) is 42.1 Å². The van der Waals surface area contributed by atoms with Gasteiger partial charge in [-0.25, -0.2) is 0 Å². The van der Waals surface area contributed by atoms with Gasteiger partial charge in [0.05, 0.1) is 22.9 Å². The number of aryl methyl sites for hydroxylation is 2. The van der Waals surface area contributed by atoms with Crippen LogP contribution in [0.15, 0.2) is 60.3 Å². The molecule has 1 aromatic heterocycles. The van der Waals surface area contributed by atoms with Crippen LogP contribution in [0.4, 0.5) is 11.4 Å². The van der Waals surface area contributed by atoms with Gasteiger partial charge in [0, 0.05) is 24.2 Å². The van der Waals surface area contributed by atoms with E-state index < -0.39 is 4.92 Å². The van der Waals surface area contributed by atoms with E-state index in [2.05, 4.69) is 27.4 Å². The number of allylic oxidation sites excluding steroid dienone is 1. The lowest BCUT2D eigenvalue weighted by molar-refractivity contribution is -0.384. The van der Waals surface area contributed by atoms with Crippen molar-refractivity contribution in [3.63, 3.8) is 0 Å². The van der Waals surface area contributed by atoms with Gasteiger partial charge < -0.3 is 15.2 Å². The first kappa shape index (κ1) is 24.6. The average molecular weight is 481 g/mol. The second-order valence-corrected chi connectivity index (χ2v) is 8.33. The summed E-state index contributed by atoms with van der Waals surface area (Å²) in [6, 6.07) is 11.6. The lowest BCUT2D eigenvalue weighted by Gasteiger charge is -2.10. The molecule has 0 unspecified atom stereocenters. The lowest BCUT2D eigenvalue weighted by atomic mass is 10.1. The van der Waals surface area contributed by atoms with Gasteiger partial charge in [-0.3, -0.25) is 19.7 Å². The molecule has 1 heterocycles. The molecule has 0 bridgehead atoms. The first-order valence-electron chi connectivity index (χ1n) is 10.3. The molecule has 3 rings (SSSR count). The van der Waals surface area contributed by atoms with Gasteiger partial charge in [0.15, 0.2) is 11.0 Å². The van der Waals surface area contributed by atoms with Gasteiger partial charge >= 0.3 is 0 Å². The fourth-order valence-electron chi connectivity index (χ4n) is 3.13. The quantitative estimate of drug-likeness (QED) is 0.196. The molecule has 2 N–H and O–H groups in total. The van der Waals surface area contributed by atoms with Crippen LogP contribution >= 0.6 is 11.8 Å². The van der Waals surface area contributed by atoms with Crippen LogP contribution in [-0.4, -0.2) is 37.3 Å². The number of nitro groups is 1. The molecule has 0 saturated heterocycles. The minimum atomic E-state index is -0.513. The highest BCUT2D eigenvalue weighted by molar-refractivity contribution is 7.99. The molecule has 176 valence electrons. The maximum absolute atomic E-state index is 12.5. The molecule has 0 spiro atoms. The molecular weight excluding hydrogens is 456 g/mol. The number of non-ortho nitro benzene ring substituents is 1. The molecule has 2 amide bonds. The molecule has 10 nitrogen and oxygen atoms in total. The van der Waals surface area contributed by atoms with E-state index in [4.69, 9.17) is 0 Å². The highest BCUT2D eigenvalue weighted by atomic mass is 32.2. The Morgan fingerprint density at radius 1 is 1.18 bits per heavy atom. The van der Waals surface area contributed by atoms with Gasteiger partial charge in [-0.15, -0.1) is 16.8 Å². The normalized spacial score (nSPS) is 10.5. The molecule has 0 fully saturated rings. The molecule has 11 heteroatoms. The third-order valence-corrected chi connectivity index (χ3v) is 5.91. The van der Waals surface area contributed by atoms with E-state index in [0.29, 0.717) is 34.3 Å². The van der Waals surface area contributed by atoms with E-state index in [1.807, 2.05) is 19.1 Å². The number of aromatic nitrogens is 3. The van der Waals surface area contributed by atoms with E-state index in [1.165, 1.54) is 23.9 Å². The van der Waals surface area contributed by atoms with E-state index in [9.17, 15) is 19.7 Å². The van der Waals surface area contributed by atoms with Crippen molar-refractivity contribution in [1.29, 1.82) is 0 Å². The van der Waals surface area contributed by atoms with Crippen LogP contribution in [0.5, 0.6) is 0 Å². The summed E-state index contributed by atoms with van der Waals surface area (Å²) in [4.78, 5) is 35.4. The van der Waals surface area contributed by atoms with Crippen LogP contribution in [0.3, 0.4) is 0 Å². The van der Waals surface area contributed by atoms with Crippen molar-refractivity contribution in [1.82, 2.24) is 20.1 Å². The summed E-state index contributed by atoms with van der Waals surface area (Å²) in [5.74, 6) is -0.00457. The number of hydrogen-bond acceptors (Lipinski definition) is 7. The lowest BCUT2D eigenvalue weighted by Crippen LogP contribution is -2.25. The van der Waals surface area contributed by atoms with Crippen molar-refractivity contribution in [3.05, 3.63) is 87.7 Å². The summed E-state index contributed by atoms with van der Waals surface area (Å²) in [6.07, 6.45) is 1.67. The molecule has 0 atom stereocenters. The first-order valence-corrected chi connectivity index (χ1v) is 11.3. The first-order chi connectivity index (χ1) is 16.3. The molecule has 0 aliphatic rings. The van der Waals surface area contributed by atoms with E-state index >= 15 is 0 Å². The summed E-state index contributed by atoms with van der Waals surface area (Å²) in [7, 11) is 0. The minimum Gasteiger partial charge on any atom is -0.345 e. The molecule has 3 aromatic rings. The zero-order valence-corrected chi connectivity index (χ0v) is 19.6. The largest absolute Gasteiger partial charge is 0.345 e. The highest BCUT2D eigenvalue weighted by Gasteiger charge is 2.16. The fourth-order valence-corrected chi connectivity index (χ4v) is 3.89. The predicted octanol–water partition coefficient (Wildman–Crippen LogP) is 3.65. The Bertz CT molecular complexity index is 1240. The summed E-state index contributed by atoms with van der Waals surface area (Å²) in [5, 5.41) is 25.3. The monoisotopic (exact) mass is 480 g/mol. The summed E-state index contributed by atoms with van der Waals surface area (Å²) >= 11 is 1.17. The molecule has 0 aliphatic carbocycles. The summed E-state index contributed by atoms with van der Waals surface area (Å²) in [6.45, 7) is 7.93.